The highest BCUT2D eigenvalue weighted by Gasteiger charge is 2.26. The summed E-state index contributed by atoms with van der Waals surface area (Å²) in [6.07, 6.45) is 5.15. The van der Waals surface area contributed by atoms with Gasteiger partial charge in [-0.25, -0.2) is 4.98 Å². The van der Waals surface area contributed by atoms with Crippen LogP contribution >= 0.6 is 15.9 Å². The highest BCUT2D eigenvalue weighted by molar-refractivity contribution is 9.10. The lowest BCUT2D eigenvalue weighted by atomic mass is 9.91. The van der Waals surface area contributed by atoms with E-state index in [-0.39, 0.29) is 5.91 Å². The summed E-state index contributed by atoms with van der Waals surface area (Å²) in [5.74, 6) is 0.0859. The number of hydrogen-bond donors (Lipinski definition) is 0. The molecule has 0 unspecified atom stereocenters. The summed E-state index contributed by atoms with van der Waals surface area (Å²) in [7, 11) is 1.88. The molecular weight excluding hydrogens is 256 g/mol. The van der Waals surface area contributed by atoms with Crippen molar-refractivity contribution in [3.05, 3.63) is 28.5 Å². The normalized spacial score (nSPS) is 15.9. The van der Waals surface area contributed by atoms with Crippen molar-refractivity contribution in [1.82, 2.24) is 9.88 Å². The summed E-state index contributed by atoms with van der Waals surface area (Å²) < 4.78 is 0.704. The van der Waals surface area contributed by atoms with Gasteiger partial charge in [-0.1, -0.05) is 0 Å². The second kappa shape index (κ2) is 4.31. The van der Waals surface area contributed by atoms with Crippen LogP contribution in [0.15, 0.2) is 22.9 Å². The number of rotatable bonds is 2. The Balaban J connectivity index is 2.12. The SMILES string of the molecule is CN(C(=O)c1ccnc(Br)c1)C1CCC1. The van der Waals surface area contributed by atoms with Crippen LogP contribution in [0.2, 0.25) is 0 Å². The zero-order valence-electron chi connectivity index (χ0n) is 8.61. The maximum atomic E-state index is 12.0. The smallest absolute Gasteiger partial charge is 0.253 e. The minimum absolute atomic E-state index is 0.0859. The van der Waals surface area contributed by atoms with Gasteiger partial charge in [0.1, 0.15) is 4.60 Å². The fourth-order valence-electron chi connectivity index (χ4n) is 1.68. The van der Waals surface area contributed by atoms with Gasteiger partial charge < -0.3 is 4.90 Å². The predicted octanol–water partition coefficient (Wildman–Crippen LogP) is 2.47. The standard InChI is InChI=1S/C11H13BrN2O/c1-14(9-3-2-4-9)11(15)8-5-6-13-10(12)7-8/h5-7,9H,2-4H2,1H3. The molecular formula is C11H13BrN2O. The second-order valence-corrected chi connectivity index (χ2v) is 4.68. The van der Waals surface area contributed by atoms with Crippen LogP contribution in [0.25, 0.3) is 0 Å². The molecule has 3 nitrogen and oxygen atoms in total. The summed E-state index contributed by atoms with van der Waals surface area (Å²) in [4.78, 5) is 17.9. The fraction of sp³-hybridized carbons (Fsp3) is 0.455. The first-order valence-corrected chi connectivity index (χ1v) is 5.86. The predicted molar refractivity (Wildman–Crippen MR) is 61.7 cm³/mol. The molecule has 80 valence electrons. The topological polar surface area (TPSA) is 33.2 Å². The van der Waals surface area contributed by atoms with Crippen molar-refractivity contribution >= 4 is 21.8 Å². The van der Waals surface area contributed by atoms with Crippen molar-refractivity contribution in [3.63, 3.8) is 0 Å². The molecule has 0 N–H and O–H groups in total. The number of pyridine rings is 1. The highest BCUT2D eigenvalue weighted by Crippen LogP contribution is 2.25. The zero-order chi connectivity index (χ0) is 10.8. The van der Waals surface area contributed by atoms with Gasteiger partial charge in [0, 0.05) is 24.8 Å². The van der Waals surface area contributed by atoms with E-state index >= 15 is 0 Å². The minimum Gasteiger partial charge on any atom is -0.339 e. The van der Waals surface area contributed by atoms with Crippen molar-refractivity contribution in [2.45, 2.75) is 25.3 Å². The van der Waals surface area contributed by atoms with Crippen molar-refractivity contribution in [3.8, 4) is 0 Å². The molecule has 0 radical (unpaired) electrons. The molecule has 15 heavy (non-hydrogen) atoms. The molecule has 0 atom stereocenters. The van der Waals surface area contributed by atoms with Crippen molar-refractivity contribution in [2.75, 3.05) is 7.05 Å². The molecule has 0 bridgehead atoms. The Morgan fingerprint density at radius 2 is 2.33 bits per heavy atom. The van der Waals surface area contributed by atoms with Gasteiger partial charge in [0.15, 0.2) is 0 Å². The molecule has 1 aliphatic carbocycles. The number of carbonyl (C=O) groups excluding carboxylic acids is 1. The Hall–Kier alpha value is -0.900. The van der Waals surface area contributed by atoms with Gasteiger partial charge >= 0.3 is 0 Å². The number of halogens is 1. The number of amides is 1. The van der Waals surface area contributed by atoms with E-state index in [9.17, 15) is 4.79 Å². The van der Waals surface area contributed by atoms with E-state index in [0.29, 0.717) is 16.2 Å². The van der Waals surface area contributed by atoms with Crippen LogP contribution in [0.4, 0.5) is 0 Å². The molecule has 1 aromatic heterocycles. The van der Waals surface area contributed by atoms with Crippen molar-refractivity contribution in [1.29, 1.82) is 0 Å². The molecule has 4 heteroatoms. The lowest BCUT2D eigenvalue weighted by molar-refractivity contribution is 0.0652. The third kappa shape index (κ3) is 2.20. The Kier molecular flexibility index (Phi) is 3.05. The van der Waals surface area contributed by atoms with E-state index < -0.39 is 0 Å². The monoisotopic (exact) mass is 268 g/mol. The van der Waals surface area contributed by atoms with Crippen LogP contribution in [-0.4, -0.2) is 28.9 Å². The van der Waals surface area contributed by atoms with E-state index in [4.69, 9.17) is 0 Å². The van der Waals surface area contributed by atoms with Gasteiger partial charge in [-0.15, -0.1) is 0 Å². The lowest BCUT2D eigenvalue weighted by Crippen LogP contribution is -2.41. The van der Waals surface area contributed by atoms with E-state index in [1.165, 1.54) is 6.42 Å². The molecule has 1 fully saturated rings. The number of aromatic nitrogens is 1. The van der Waals surface area contributed by atoms with Crippen LogP contribution in [-0.2, 0) is 0 Å². The molecule has 0 spiro atoms. The van der Waals surface area contributed by atoms with E-state index in [2.05, 4.69) is 20.9 Å². The third-order valence-electron chi connectivity index (χ3n) is 2.92. The molecule has 2 rings (SSSR count). The van der Waals surface area contributed by atoms with Gasteiger partial charge in [0.25, 0.3) is 5.91 Å². The van der Waals surface area contributed by atoms with Crippen molar-refractivity contribution in [2.24, 2.45) is 0 Å². The van der Waals surface area contributed by atoms with Crippen LogP contribution in [0.3, 0.4) is 0 Å². The highest BCUT2D eigenvalue weighted by atomic mass is 79.9. The largest absolute Gasteiger partial charge is 0.339 e. The van der Waals surface area contributed by atoms with Gasteiger partial charge in [-0.2, -0.15) is 0 Å². The summed E-state index contributed by atoms with van der Waals surface area (Å²) in [6, 6.07) is 3.95. The molecule has 1 aromatic rings. The summed E-state index contributed by atoms with van der Waals surface area (Å²) in [5.41, 5.74) is 0.700. The van der Waals surface area contributed by atoms with Gasteiger partial charge in [0.2, 0.25) is 0 Å². The van der Waals surface area contributed by atoms with Gasteiger partial charge in [-0.3, -0.25) is 4.79 Å². The molecule has 1 aliphatic rings. The van der Waals surface area contributed by atoms with E-state index in [1.807, 2.05) is 11.9 Å². The van der Waals surface area contributed by atoms with Crippen LogP contribution < -0.4 is 0 Å². The lowest BCUT2D eigenvalue weighted by Gasteiger charge is -2.34. The molecule has 1 heterocycles. The van der Waals surface area contributed by atoms with E-state index in [0.717, 1.165) is 12.8 Å². The quantitative estimate of drug-likeness (QED) is 0.773. The summed E-state index contributed by atoms with van der Waals surface area (Å²) >= 11 is 3.27. The second-order valence-electron chi connectivity index (χ2n) is 3.87. The number of carbonyl (C=O) groups is 1. The first-order valence-electron chi connectivity index (χ1n) is 5.07. The average Bonchev–Trinajstić information content (AvgIpc) is 2.14. The number of hydrogen-bond acceptors (Lipinski definition) is 2. The third-order valence-corrected chi connectivity index (χ3v) is 3.35. The maximum Gasteiger partial charge on any atom is 0.253 e. The first-order chi connectivity index (χ1) is 7.18. The summed E-state index contributed by atoms with van der Waals surface area (Å²) in [6.45, 7) is 0. The van der Waals surface area contributed by atoms with Gasteiger partial charge in [-0.05, 0) is 47.3 Å². The first kappa shape index (κ1) is 10.6. The minimum atomic E-state index is 0.0859. The number of nitrogens with zero attached hydrogens (tertiary/aromatic N) is 2. The Morgan fingerprint density at radius 1 is 1.60 bits per heavy atom. The zero-order valence-corrected chi connectivity index (χ0v) is 10.2. The molecule has 1 amide bonds. The fourth-order valence-corrected chi connectivity index (χ4v) is 2.04. The Morgan fingerprint density at radius 3 is 2.87 bits per heavy atom. The molecule has 0 saturated heterocycles. The maximum absolute atomic E-state index is 12.0. The Bertz CT molecular complexity index is 377. The Labute approximate surface area is 97.6 Å². The van der Waals surface area contributed by atoms with Crippen LogP contribution in [0.5, 0.6) is 0 Å². The molecule has 1 saturated carbocycles. The average molecular weight is 269 g/mol. The van der Waals surface area contributed by atoms with Crippen molar-refractivity contribution < 1.29 is 4.79 Å². The summed E-state index contributed by atoms with van der Waals surface area (Å²) in [5, 5.41) is 0. The molecule has 0 aromatic carbocycles. The van der Waals surface area contributed by atoms with E-state index in [1.54, 1.807) is 18.3 Å². The van der Waals surface area contributed by atoms with Crippen LogP contribution in [0.1, 0.15) is 29.6 Å². The van der Waals surface area contributed by atoms with Gasteiger partial charge in [0.05, 0.1) is 0 Å². The van der Waals surface area contributed by atoms with Crippen LogP contribution in [0, 0.1) is 0 Å². The molecule has 0 aliphatic heterocycles.